The van der Waals surface area contributed by atoms with E-state index < -0.39 is 0 Å². The lowest BCUT2D eigenvalue weighted by atomic mass is 9.97. The molecule has 0 aromatic heterocycles. The number of epoxide rings is 1. The lowest BCUT2D eigenvalue weighted by Crippen LogP contribution is -2.09. The number of ether oxygens (including phenoxy) is 4. The topological polar surface area (TPSA) is 57.3 Å². The number of rotatable bonds is 9. The Bertz CT molecular complexity index is 482. The molecule has 2 atom stereocenters. The van der Waals surface area contributed by atoms with Crippen molar-refractivity contribution in [3.63, 3.8) is 0 Å². The zero-order valence-electron chi connectivity index (χ0n) is 12.8. The molecule has 1 aromatic rings. The molecule has 0 spiro atoms. The molecule has 1 saturated heterocycles. The summed E-state index contributed by atoms with van der Waals surface area (Å²) < 4.78 is 21.8. The van der Waals surface area contributed by atoms with Gasteiger partial charge in [-0.15, -0.1) is 0 Å². The van der Waals surface area contributed by atoms with Crippen molar-refractivity contribution in [1.82, 2.24) is 0 Å². The van der Waals surface area contributed by atoms with E-state index in [1.165, 1.54) is 0 Å². The Morgan fingerprint density at radius 2 is 2.05 bits per heavy atom. The highest BCUT2D eigenvalue weighted by atomic mass is 16.6. The molecule has 1 aliphatic heterocycles. The molecular formula is C16H22O5. The maximum atomic E-state index is 10.7. The second-order valence-corrected chi connectivity index (χ2v) is 5.28. The van der Waals surface area contributed by atoms with E-state index in [-0.39, 0.29) is 12.0 Å². The molecule has 116 valence electrons. The largest absolute Gasteiger partial charge is 0.496 e. The summed E-state index contributed by atoms with van der Waals surface area (Å²) in [6.45, 7) is 3.30. The number of aldehydes is 1. The fraction of sp³-hybridized carbons (Fsp3) is 0.562. The quantitative estimate of drug-likeness (QED) is 0.516. The number of hydrogen-bond donors (Lipinski definition) is 0. The number of carbonyl (C=O) groups excluding carboxylic acids is 1. The van der Waals surface area contributed by atoms with Gasteiger partial charge in [-0.1, -0.05) is 6.92 Å². The average Bonchev–Trinajstić information content (AvgIpc) is 3.30. The van der Waals surface area contributed by atoms with Crippen molar-refractivity contribution in [3.8, 4) is 17.2 Å². The first-order chi connectivity index (χ1) is 10.2. The molecule has 0 saturated carbocycles. The minimum Gasteiger partial charge on any atom is -0.496 e. The van der Waals surface area contributed by atoms with Crippen LogP contribution in [0.4, 0.5) is 0 Å². The molecule has 1 fully saturated rings. The van der Waals surface area contributed by atoms with Crippen molar-refractivity contribution in [2.45, 2.75) is 25.9 Å². The summed E-state index contributed by atoms with van der Waals surface area (Å²) >= 11 is 0. The van der Waals surface area contributed by atoms with Gasteiger partial charge in [0.2, 0.25) is 0 Å². The molecule has 0 N–H and O–H groups in total. The summed E-state index contributed by atoms with van der Waals surface area (Å²) in [6.07, 6.45) is 2.36. The van der Waals surface area contributed by atoms with Crippen LogP contribution in [-0.2, 0) is 16.0 Å². The van der Waals surface area contributed by atoms with Crippen LogP contribution in [-0.4, -0.2) is 39.8 Å². The van der Waals surface area contributed by atoms with Crippen LogP contribution in [0.15, 0.2) is 12.1 Å². The van der Waals surface area contributed by atoms with Crippen molar-refractivity contribution in [2.24, 2.45) is 5.92 Å². The zero-order chi connectivity index (χ0) is 15.2. The molecule has 1 aromatic carbocycles. The minimum atomic E-state index is 0.183. The molecule has 21 heavy (non-hydrogen) atoms. The number of carbonyl (C=O) groups is 1. The predicted molar refractivity (Wildman–Crippen MR) is 78.3 cm³/mol. The van der Waals surface area contributed by atoms with Crippen LogP contribution < -0.4 is 14.2 Å². The smallest absolute Gasteiger partial charge is 0.130 e. The molecule has 5 nitrogen and oxygen atoms in total. The first kappa shape index (κ1) is 15.6. The maximum Gasteiger partial charge on any atom is 0.130 e. The second-order valence-electron chi connectivity index (χ2n) is 5.28. The van der Waals surface area contributed by atoms with Gasteiger partial charge in [0.1, 0.15) is 36.2 Å². The summed E-state index contributed by atoms with van der Waals surface area (Å²) in [4.78, 5) is 10.7. The molecule has 1 aliphatic rings. The zero-order valence-corrected chi connectivity index (χ0v) is 12.8. The summed E-state index contributed by atoms with van der Waals surface area (Å²) in [7, 11) is 3.23. The molecule has 1 heterocycles. The summed E-state index contributed by atoms with van der Waals surface area (Å²) in [6, 6.07) is 3.69. The van der Waals surface area contributed by atoms with Crippen LogP contribution in [0.5, 0.6) is 17.2 Å². The van der Waals surface area contributed by atoms with Gasteiger partial charge in [-0.05, 0) is 12.3 Å². The van der Waals surface area contributed by atoms with Gasteiger partial charge in [-0.25, -0.2) is 0 Å². The van der Waals surface area contributed by atoms with Crippen LogP contribution in [0.25, 0.3) is 0 Å². The van der Waals surface area contributed by atoms with E-state index in [9.17, 15) is 4.79 Å². The van der Waals surface area contributed by atoms with Crippen LogP contribution in [0, 0.1) is 5.92 Å². The standard InChI is InChI=1S/C16H22O5/c1-11(4-5-17)6-14-15(19-3)7-12(18-2)8-16(14)21-10-13-9-20-13/h5,7-8,11,13H,4,6,9-10H2,1-3H3/t11-,13?/m0/s1. The third-order valence-corrected chi connectivity index (χ3v) is 3.48. The van der Waals surface area contributed by atoms with Crippen LogP contribution in [0.3, 0.4) is 0 Å². The SMILES string of the molecule is COc1cc(OC)c(C[C@@H](C)CC=O)c(OCC2CO2)c1. The summed E-state index contributed by atoms with van der Waals surface area (Å²) in [5.74, 6) is 2.37. The van der Waals surface area contributed by atoms with Gasteiger partial charge in [0, 0.05) is 24.1 Å². The van der Waals surface area contributed by atoms with Crippen molar-refractivity contribution < 1.29 is 23.7 Å². The predicted octanol–water partition coefficient (Wildman–Crippen LogP) is 2.25. The van der Waals surface area contributed by atoms with E-state index in [4.69, 9.17) is 18.9 Å². The van der Waals surface area contributed by atoms with E-state index in [0.29, 0.717) is 25.2 Å². The molecule has 1 unspecified atom stereocenters. The van der Waals surface area contributed by atoms with Gasteiger partial charge >= 0.3 is 0 Å². The highest BCUT2D eigenvalue weighted by Gasteiger charge is 2.24. The molecule has 0 radical (unpaired) electrons. The lowest BCUT2D eigenvalue weighted by Gasteiger charge is -2.18. The monoisotopic (exact) mass is 294 g/mol. The van der Waals surface area contributed by atoms with E-state index in [0.717, 1.165) is 30.0 Å². The van der Waals surface area contributed by atoms with E-state index in [1.807, 2.05) is 19.1 Å². The third-order valence-electron chi connectivity index (χ3n) is 3.48. The average molecular weight is 294 g/mol. The molecule has 0 aliphatic carbocycles. The Hall–Kier alpha value is -1.75. The maximum absolute atomic E-state index is 10.7. The number of methoxy groups -OCH3 is 2. The Kier molecular flexibility index (Phi) is 5.44. The van der Waals surface area contributed by atoms with Crippen molar-refractivity contribution in [1.29, 1.82) is 0 Å². The number of hydrogen-bond acceptors (Lipinski definition) is 5. The van der Waals surface area contributed by atoms with Gasteiger partial charge in [0.15, 0.2) is 0 Å². The third kappa shape index (κ3) is 4.36. The number of benzene rings is 1. The Balaban J connectivity index is 2.24. The van der Waals surface area contributed by atoms with Gasteiger partial charge < -0.3 is 23.7 Å². The van der Waals surface area contributed by atoms with E-state index in [1.54, 1.807) is 14.2 Å². The molecule has 0 amide bonds. The Labute approximate surface area is 125 Å². The Morgan fingerprint density at radius 1 is 1.33 bits per heavy atom. The van der Waals surface area contributed by atoms with Gasteiger partial charge in [-0.3, -0.25) is 0 Å². The first-order valence-corrected chi connectivity index (χ1v) is 7.10. The van der Waals surface area contributed by atoms with Crippen molar-refractivity contribution in [2.75, 3.05) is 27.4 Å². The van der Waals surface area contributed by atoms with Crippen molar-refractivity contribution in [3.05, 3.63) is 17.7 Å². The van der Waals surface area contributed by atoms with Gasteiger partial charge in [-0.2, -0.15) is 0 Å². The summed E-state index contributed by atoms with van der Waals surface area (Å²) in [5.41, 5.74) is 0.966. The normalized spacial score (nSPS) is 18.0. The molecule has 0 bridgehead atoms. The molecular weight excluding hydrogens is 272 g/mol. The van der Waals surface area contributed by atoms with Crippen LogP contribution in [0.1, 0.15) is 18.9 Å². The minimum absolute atomic E-state index is 0.183. The first-order valence-electron chi connectivity index (χ1n) is 7.10. The highest BCUT2D eigenvalue weighted by molar-refractivity contribution is 5.53. The molecule has 2 rings (SSSR count). The lowest BCUT2D eigenvalue weighted by molar-refractivity contribution is -0.108. The van der Waals surface area contributed by atoms with E-state index in [2.05, 4.69) is 0 Å². The van der Waals surface area contributed by atoms with Gasteiger partial charge in [0.05, 0.1) is 20.8 Å². The van der Waals surface area contributed by atoms with Crippen molar-refractivity contribution >= 4 is 6.29 Å². The Morgan fingerprint density at radius 3 is 2.62 bits per heavy atom. The fourth-order valence-electron chi connectivity index (χ4n) is 2.17. The summed E-state index contributed by atoms with van der Waals surface area (Å²) in [5, 5.41) is 0. The van der Waals surface area contributed by atoms with E-state index >= 15 is 0 Å². The second kappa shape index (κ2) is 7.31. The molecule has 5 heteroatoms. The van der Waals surface area contributed by atoms with Gasteiger partial charge in [0.25, 0.3) is 0 Å². The van der Waals surface area contributed by atoms with Crippen LogP contribution >= 0.6 is 0 Å². The highest BCUT2D eigenvalue weighted by Crippen LogP contribution is 2.36. The van der Waals surface area contributed by atoms with Crippen LogP contribution in [0.2, 0.25) is 0 Å². The fourth-order valence-corrected chi connectivity index (χ4v) is 2.17.